The zero-order valence-electron chi connectivity index (χ0n) is 17.5. The number of allylic oxidation sites excluding steroid dienone is 2. The summed E-state index contributed by atoms with van der Waals surface area (Å²) in [5, 5.41) is 6.80. The first-order chi connectivity index (χ1) is 14.6. The van der Waals surface area contributed by atoms with E-state index in [-0.39, 0.29) is 5.78 Å². The van der Waals surface area contributed by atoms with Crippen molar-refractivity contribution in [2.75, 3.05) is 11.9 Å². The van der Waals surface area contributed by atoms with Gasteiger partial charge in [-0.1, -0.05) is 31.7 Å². The van der Waals surface area contributed by atoms with Gasteiger partial charge in [0.15, 0.2) is 5.78 Å². The van der Waals surface area contributed by atoms with Gasteiger partial charge in [0.05, 0.1) is 18.4 Å². The fourth-order valence-electron chi connectivity index (χ4n) is 3.76. The van der Waals surface area contributed by atoms with Gasteiger partial charge in [-0.3, -0.25) is 9.78 Å². The molecule has 1 heterocycles. The van der Waals surface area contributed by atoms with Crippen LogP contribution >= 0.6 is 0 Å². The van der Waals surface area contributed by atoms with Gasteiger partial charge in [0.2, 0.25) is 0 Å². The van der Waals surface area contributed by atoms with Gasteiger partial charge in [-0.25, -0.2) is 0 Å². The zero-order chi connectivity index (χ0) is 20.9. The third-order valence-electron chi connectivity index (χ3n) is 5.57. The summed E-state index contributed by atoms with van der Waals surface area (Å²) in [6, 6.07) is 11.8. The molecule has 5 nitrogen and oxygen atoms in total. The van der Waals surface area contributed by atoms with Gasteiger partial charge >= 0.3 is 0 Å². The lowest BCUT2D eigenvalue weighted by atomic mass is 9.86. The van der Waals surface area contributed by atoms with Crippen molar-refractivity contribution < 1.29 is 9.53 Å². The van der Waals surface area contributed by atoms with Crippen LogP contribution in [0.4, 0.5) is 5.69 Å². The maximum Gasteiger partial charge on any atom is 0.166 e. The second-order valence-corrected chi connectivity index (χ2v) is 8.35. The monoisotopic (exact) mass is 403 g/mol. The Morgan fingerprint density at radius 3 is 2.77 bits per heavy atom. The number of hydrogen-bond acceptors (Lipinski definition) is 5. The van der Waals surface area contributed by atoms with Crippen molar-refractivity contribution in [3.05, 3.63) is 77.9 Å². The second kappa shape index (κ2) is 9.16. The smallest absolute Gasteiger partial charge is 0.166 e. The van der Waals surface area contributed by atoms with E-state index >= 15 is 0 Å². The molecule has 1 fully saturated rings. The maximum absolute atomic E-state index is 12.9. The van der Waals surface area contributed by atoms with Crippen LogP contribution in [0, 0.1) is 11.8 Å². The molecule has 1 saturated carbocycles. The Morgan fingerprint density at radius 2 is 2.00 bits per heavy atom. The molecule has 2 aliphatic rings. The summed E-state index contributed by atoms with van der Waals surface area (Å²) >= 11 is 0. The summed E-state index contributed by atoms with van der Waals surface area (Å²) in [4.78, 5) is 17.1. The molecule has 2 N–H and O–H groups in total. The van der Waals surface area contributed by atoms with Crippen LogP contribution in [-0.4, -0.2) is 17.4 Å². The number of Topliss-reactive ketones (excluding diaryl/α,β-unsaturated/α-hetero) is 1. The Kier molecular flexibility index (Phi) is 6.17. The summed E-state index contributed by atoms with van der Waals surface area (Å²) in [6.07, 6.45) is 7.42. The highest BCUT2D eigenvalue weighted by molar-refractivity contribution is 6.01. The Hall–Kier alpha value is -3.08. The van der Waals surface area contributed by atoms with Crippen LogP contribution in [0.3, 0.4) is 0 Å². The molecular formula is C25H29N3O2. The molecule has 1 aromatic carbocycles. The number of para-hydroxylation sites is 1. The van der Waals surface area contributed by atoms with E-state index in [0.29, 0.717) is 36.1 Å². The lowest BCUT2D eigenvalue weighted by molar-refractivity contribution is -0.116. The average molecular weight is 404 g/mol. The molecule has 156 valence electrons. The predicted molar refractivity (Wildman–Crippen MR) is 119 cm³/mol. The van der Waals surface area contributed by atoms with E-state index in [4.69, 9.17) is 4.74 Å². The summed E-state index contributed by atoms with van der Waals surface area (Å²) in [6.45, 7) is 7.61. The normalized spacial score (nSPS) is 18.8. The number of anilines is 1. The third kappa shape index (κ3) is 5.09. The third-order valence-corrected chi connectivity index (χ3v) is 5.57. The number of carbonyl (C=O) groups is 1. The van der Waals surface area contributed by atoms with E-state index in [1.165, 1.54) is 12.8 Å². The molecule has 0 aliphatic heterocycles. The van der Waals surface area contributed by atoms with Crippen LogP contribution in [0.25, 0.3) is 0 Å². The van der Waals surface area contributed by atoms with Crippen LogP contribution in [-0.2, 0) is 11.3 Å². The number of hydrogen-bond donors (Lipinski definition) is 2. The van der Waals surface area contributed by atoms with E-state index in [2.05, 4.69) is 29.1 Å². The highest BCUT2D eigenvalue weighted by Crippen LogP contribution is 2.32. The molecule has 0 amide bonds. The standard InChI is InChI=1S/C25H29N3O2/c1-17-12-22(25(23(29)13-17)18(2)28-21-6-4-3-5-7-21)27-14-20-10-11-26-15-24(20)30-16-19-8-9-19/h3-7,10-11,15,17,19,27-28H,2,8-9,12-14,16H2,1H3. The molecule has 30 heavy (non-hydrogen) atoms. The van der Waals surface area contributed by atoms with Crippen LogP contribution in [0.2, 0.25) is 0 Å². The minimum Gasteiger partial charge on any atom is -0.491 e. The maximum atomic E-state index is 12.9. The highest BCUT2D eigenvalue weighted by atomic mass is 16.5. The quantitative estimate of drug-likeness (QED) is 0.627. The molecule has 0 spiro atoms. The number of rotatable bonds is 9. The van der Waals surface area contributed by atoms with Crippen molar-refractivity contribution in [3.8, 4) is 5.75 Å². The number of carbonyl (C=O) groups excluding carboxylic acids is 1. The Morgan fingerprint density at radius 1 is 1.20 bits per heavy atom. The Balaban J connectivity index is 1.51. The summed E-state index contributed by atoms with van der Waals surface area (Å²) in [5.74, 6) is 1.93. The van der Waals surface area contributed by atoms with Gasteiger partial charge in [-0.15, -0.1) is 0 Å². The molecule has 1 atom stereocenters. The summed E-state index contributed by atoms with van der Waals surface area (Å²) in [5.41, 5.74) is 4.22. The molecule has 0 radical (unpaired) electrons. The van der Waals surface area contributed by atoms with Crippen molar-refractivity contribution in [2.24, 2.45) is 11.8 Å². The van der Waals surface area contributed by atoms with E-state index in [9.17, 15) is 4.79 Å². The first kappa shape index (κ1) is 20.2. The number of benzene rings is 1. The molecule has 0 bridgehead atoms. The predicted octanol–water partition coefficient (Wildman–Crippen LogP) is 4.84. The van der Waals surface area contributed by atoms with Gasteiger partial charge in [-0.2, -0.15) is 0 Å². The van der Waals surface area contributed by atoms with Crippen molar-refractivity contribution >= 4 is 11.5 Å². The van der Waals surface area contributed by atoms with Gasteiger partial charge in [0.25, 0.3) is 0 Å². The molecule has 4 rings (SSSR count). The minimum absolute atomic E-state index is 0.129. The van der Waals surface area contributed by atoms with E-state index in [1.54, 1.807) is 12.4 Å². The lowest BCUT2D eigenvalue weighted by Gasteiger charge is -2.27. The zero-order valence-corrected chi connectivity index (χ0v) is 17.5. The van der Waals surface area contributed by atoms with Crippen LogP contribution in [0.5, 0.6) is 5.75 Å². The van der Waals surface area contributed by atoms with Crippen LogP contribution < -0.4 is 15.4 Å². The van der Waals surface area contributed by atoms with E-state index in [1.807, 2.05) is 36.4 Å². The van der Waals surface area contributed by atoms with Crippen molar-refractivity contribution in [1.82, 2.24) is 10.3 Å². The molecule has 0 saturated heterocycles. The fourth-order valence-corrected chi connectivity index (χ4v) is 3.76. The summed E-state index contributed by atoms with van der Waals surface area (Å²) in [7, 11) is 0. The molecular weight excluding hydrogens is 374 g/mol. The molecule has 1 unspecified atom stereocenters. The number of nitrogens with one attached hydrogen (secondary N) is 2. The van der Waals surface area contributed by atoms with Crippen molar-refractivity contribution in [3.63, 3.8) is 0 Å². The minimum atomic E-state index is 0.129. The van der Waals surface area contributed by atoms with Gasteiger partial charge < -0.3 is 15.4 Å². The van der Waals surface area contributed by atoms with Gasteiger partial charge in [0.1, 0.15) is 5.75 Å². The summed E-state index contributed by atoms with van der Waals surface area (Å²) < 4.78 is 5.98. The lowest BCUT2D eigenvalue weighted by Crippen LogP contribution is -2.28. The molecule has 5 heteroatoms. The number of ether oxygens (including phenoxy) is 1. The van der Waals surface area contributed by atoms with Crippen molar-refractivity contribution in [1.29, 1.82) is 0 Å². The van der Waals surface area contributed by atoms with Crippen molar-refractivity contribution in [2.45, 2.75) is 39.2 Å². The Bertz CT molecular complexity index is 948. The first-order valence-electron chi connectivity index (χ1n) is 10.7. The van der Waals surface area contributed by atoms with Crippen LogP contribution in [0.1, 0.15) is 38.2 Å². The number of nitrogens with zero attached hydrogens (tertiary/aromatic N) is 1. The van der Waals surface area contributed by atoms with E-state index < -0.39 is 0 Å². The molecule has 2 aliphatic carbocycles. The second-order valence-electron chi connectivity index (χ2n) is 8.35. The highest BCUT2D eigenvalue weighted by Gasteiger charge is 2.27. The topological polar surface area (TPSA) is 63.3 Å². The Labute approximate surface area is 178 Å². The SMILES string of the molecule is C=C(Nc1ccccc1)C1=C(NCc2ccncc2OCC2CC2)CC(C)CC1=O. The first-order valence-corrected chi connectivity index (χ1v) is 10.7. The van der Waals surface area contributed by atoms with Gasteiger partial charge in [-0.05, 0) is 49.3 Å². The average Bonchev–Trinajstić information content (AvgIpc) is 3.56. The van der Waals surface area contributed by atoms with Crippen LogP contribution in [0.15, 0.2) is 72.3 Å². The van der Waals surface area contributed by atoms with E-state index in [0.717, 1.165) is 35.7 Å². The number of aromatic nitrogens is 1. The largest absolute Gasteiger partial charge is 0.491 e. The fraction of sp³-hybridized carbons (Fsp3) is 0.360. The molecule has 2 aromatic rings. The van der Waals surface area contributed by atoms with Gasteiger partial charge in [0, 0.05) is 41.8 Å². The number of ketones is 1. The number of pyridine rings is 1. The molecule has 1 aromatic heterocycles.